The Morgan fingerprint density at radius 1 is 0.931 bits per heavy atom. The van der Waals surface area contributed by atoms with Gasteiger partial charge in [-0.25, -0.2) is 9.59 Å². The summed E-state index contributed by atoms with van der Waals surface area (Å²) in [6.07, 6.45) is 1.62. The summed E-state index contributed by atoms with van der Waals surface area (Å²) in [7, 11) is 0. The summed E-state index contributed by atoms with van der Waals surface area (Å²) in [5, 5.41) is 17.3. The molecule has 2 aromatic carbocycles. The highest BCUT2D eigenvalue weighted by Gasteiger charge is 2.17. The maximum atomic E-state index is 12.3. The van der Waals surface area contributed by atoms with Crippen LogP contribution in [-0.4, -0.2) is 42.3 Å². The fraction of sp³-hybridized carbons (Fsp3) is 0.286. The van der Waals surface area contributed by atoms with Crippen LogP contribution in [0.25, 0.3) is 0 Å². The third kappa shape index (κ3) is 6.05. The van der Waals surface area contributed by atoms with Gasteiger partial charge in [0.1, 0.15) is 0 Å². The lowest BCUT2D eigenvalue weighted by molar-refractivity contribution is 0.0688. The lowest BCUT2D eigenvalue weighted by Crippen LogP contribution is -2.38. The van der Waals surface area contributed by atoms with Crippen molar-refractivity contribution >= 4 is 23.6 Å². The lowest BCUT2D eigenvalue weighted by Gasteiger charge is -2.23. The first-order valence-electron chi connectivity index (χ1n) is 9.37. The average molecular weight is 397 g/mol. The minimum absolute atomic E-state index is 0.129. The van der Waals surface area contributed by atoms with Gasteiger partial charge in [-0.1, -0.05) is 12.1 Å². The summed E-state index contributed by atoms with van der Waals surface area (Å²) >= 11 is 0. The number of carboxylic acid groups (broad SMARTS) is 1. The van der Waals surface area contributed by atoms with E-state index in [1.807, 2.05) is 0 Å². The summed E-state index contributed by atoms with van der Waals surface area (Å²) in [5.41, 5.74) is 2.07. The summed E-state index contributed by atoms with van der Waals surface area (Å²) in [5.74, 6) is -1.13. The van der Waals surface area contributed by atoms with E-state index in [4.69, 9.17) is 9.84 Å². The van der Waals surface area contributed by atoms with Crippen LogP contribution in [0.15, 0.2) is 48.5 Å². The van der Waals surface area contributed by atoms with Gasteiger partial charge in [0.2, 0.25) is 0 Å². The minimum atomic E-state index is -0.993. The first-order chi connectivity index (χ1) is 14.0. The van der Waals surface area contributed by atoms with Gasteiger partial charge in [0.25, 0.3) is 5.91 Å². The Hall–Kier alpha value is -3.39. The number of urea groups is 1. The average Bonchev–Trinajstić information content (AvgIpc) is 2.74. The molecule has 0 unspecified atom stereocenters. The molecule has 0 radical (unpaired) electrons. The molecule has 29 heavy (non-hydrogen) atoms. The molecule has 0 aliphatic carbocycles. The summed E-state index contributed by atoms with van der Waals surface area (Å²) in [6.45, 7) is 1.58. The maximum absolute atomic E-state index is 12.3. The van der Waals surface area contributed by atoms with E-state index < -0.39 is 12.0 Å². The number of carbonyl (C=O) groups is 3. The lowest BCUT2D eigenvalue weighted by atomic mass is 10.1. The van der Waals surface area contributed by atoms with Gasteiger partial charge in [-0.05, 0) is 54.8 Å². The van der Waals surface area contributed by atoms with Gasteiger partial charge in [0, 0.05) is 37.1 Å². The van der Waals surface area contributed by atoms with E-state index in [-0.39, 0.29) is 24.1 Å². The van der Waals surface area contributed by atoms with Crippen molar-refractivity contribution in [2.24, 2.45) is 0 Å². The second kappa shape index (κ2) is 9.70. The summed E-state index contributed by atoms with van der Waals surface area (Å²) in [4.78, 5) is 35.2. The molecule has 3 rings (SSSR count). The van der Waals surface area contributed by atoms with Gasteiger partial charge in [0.15, 0.2) is 0 Å². The number of carbonyl (C=O) groups excluding carboxylic acids is 2. The van der Waals surface area contributed by atoms with Gasteiger partial charge in [-0.15, -0.1) is 0 Å². The van der Waals surface area contributed by atoms with Crippen molar-refractivity contribution in [2.75, 3.05) is 18.5 Å². The van der Waals surface area contributed by atoms with Crippen LogP contribution in [0.2, 0.25) is 0 Å². The van der Waals surface area contributed by atoms with Crippen LogP contribution in [-0.2, 0) is 11.3 Å². The molecule has 3 amide bonds. The monoisotopic (exact) mass is 397 g/mol. The Kier molecular flexibility index (Phi) is 6.80. The molecule has 1 heterocycles. The molecular formula is C21H23N3O5. The highest BCUT2D eigenvalue weighted by Crippen LogP contribution is 2.12. The normalized spacial score (nSPS) is 14.1. The third-order valence-electron chi connectivity index (χ3n) is 4.62. The van der Waals surface area contributed by atoms with E-state index in [0.717, 1.165) is 18.4 Å². The van der Waals surface area contributed by atoms with Crippen LogP contribution in [0, 0.1) is 0 Å². The van der Waals surface area contributed by atoms with Gasteiger partial charge >= 0.3 is 12.0 Å². The zero-order valence-electron chi connectivity index (χ0n) is 15.8. The maximum Gasteiger partial charge on any atom is 0.335 e. The zero-order chi connectivity index (χ0) is 20.6. The molecule has 1 aliphatic heterocycles. The minimum Gasteiger partial charge on any atom is -0.478 e. The van der Waals surface area contributed by atoms with Crippen molar-refractivity contribution in [1.82, 2.24) is 10.6 Å². The van der Waals surface area contributed by atoms with E-state index in [1.165, 1.54) is 12.1 Å². The molecule has 0 atom stereocenters. The van der Waals surface area contributed by atoms with E-state index in [1.54, 1.807) is 36.4 Å². The number of ether oxygens (including phenoxy) is 1. The van der Waals surface area contributed by atoms with E-state index in [9.17, 15) is 14.4 Å². The van der Waals surface area contributed by atoms with Gasteiger partial charge in [-0.2, -0.15) is 0 Å². The Morgan fingerprint density at radius 2 is 1.55 bits per heavy atom. The van der Waals surface area contributed by atoms with Crippen molar-refractivity contribution < 1.29 is 24.2 Å². The quantitative estimate of drug-likeness (QED) is 0.598. The molecule has 0 spiro atoms. The SMILES string of the molecule is O=C(NCc1ccc(C(=O)O)cc1)Nc1ccc(C(=O)NC2CCOCC2)cc1. The van der Waals surface area contributed by atoms with Gasteiger partial charge in [-0.3, -0.25) is 4.79 Å². The molecule has 152 valence electrons. The van der Waals surface area contributed by atoms with E-state index in [0.29, 0.717) is 24.5 Å². The predicted molar refractivity (Wildman–Crippen MR) is 107 cm³/mol. The van der Waals surface area contributed by atoms with Crippen LogP contribution < -0.4 is 16.0 Å². The van der Waals surface area contributed by atoms with Gasteiger partial charge in [0.05, 0.1) is 5.56 Å². The van der Waals surface area contributed by atoms with Gasteiger partial charge < -0.3 is 25.8 Å². The van der Waals surface area contributed by atoms with Crippen molar-refractivity contribution in [1.29, 1.82) is 0 Å². The molecule has 0 bridgehead atoms. The van der Waals surface area contributed by atoms with Crippen LogP contribution in [0.5, 0.6) is 0 Å². The van der Waals surface area contributed by atoms with Crippen molar-refractivity contribution in [3.05, 3.63) is 65.2 Å². The predicted octanol–water partition coefficient (Wildman–Crippen LogP) is 2.62. The fourth-order valence-corrected chi connectivity index (χ4v) is 2.94. The number of nitrogens with one attached hydrogen (secondary N) is 3. The molecule has 8 nitrogen and oxygen atoms in total. The van der Waals surface area contributed by atoms with Crippen LogP contribution in [0.4, 0.5) is 10.5 Å². The second-order valence-electron chi connectivity index (χ2n) is 6.75. The van der Waals surface area contributed by atoms with Crippen LogP contribution in [0.1, 0.15) is 39.1 Å². The Balaban J connectivity index is 1.46. The molecule has 0 saturated carbocycles. The Bertz CT molecular complexity index is 859. The van der Waals surface area contributed by atoms with Crippen LogP contribution in [0.3, 0.4) is 0 Å². The zero-order valence-corrected chi connectivity index (χ0v) is 15.8. The summed E-state index contributed by atoms with van der Waals surface area (Å²) < 4.78 is 5.28. The molecule has 1 saturated heterocycles. The number of anilines is 1. The number of hydrogen-bond acceptors (Lipinski definition) is 4. The number of aromatic carboxylic acids is 1. The summed E-state index contributed by atoms with van der Waals surface area (Å²) in [6, 6.07) is 12.7. The number of rotatable bonds is 6. The second-order valence-corrected chi connectivity index (χ2v) is 6.75. The topological polar surface area (TPSA) is 117 Å². The number of hydrogen-bond donors (Lipinski definition) is 4. The highest BCUT2D eigenvalue weighted by molar-refractivity contribution is 5.95. The molecule has 0 aromatic heterocycles. The molecule has 1 fully saturated rings. The van der Waals surface area contributed by atoms with Crippen molar-refractivity contribution in [2.45, 2.75) is 25.4 Å². The van der Waals surface area contributed by atoms with Crippen molar-refractivity contribution in [3.8, 4) is 0 Å². The standard InChI is InChI=1S/C21H23N3O5/c25-19(23-18-9-11-29-12-10-18)15-5-7-17(8-6-15)24-21(28)22-13-14-1-3-16(4-2-14)20(26)27/h1-8,18H,9-13H2,(H,23,25)(H,26,27)(H2,22,24,28). The Morgan fingerprint density at radius 3 is 2.17 bits per heavy atom. The van der Waals surface area contributed by atoms with E-state index in [2.05, 4.69) is 16.0 Å². The van der Waals surface area contributed by atoms with E-state index >= 15 is 0 Å². The third-order valence-corrected chi connectivity index (χ3v) is 4.62. The first kappa shape index (κ1) is 20.3. The number of benzene rings is 2. The smallest absolute Gasteiger partial charge is 0.335 e. The van der Waals surface area contributed by atoms with Crippen molar-refractivity contribution in [3.63, 3.8) is 0 Å². The molecule has 8 heteroatoms. The number of amides is 3. The molecule has 4 N–H and O–H groups in total. The molecule has 1 aliphatic rings. The Labute approximate surface area is 168 Å². The highest BCUT2D eigenvalue weighted by atomic mass is 16.5. The fourth-order valence-electron chi connectivity index (χ4n) is 2.94. The molecule has 2 aromatic rings. The van der Waals surface area contributed by atoms with Crippen LogP contribution >= 0.6 is 0 Å². The largest absolute Gasteiger partial charge is 0.478 e. The number of carboxylic acids is 1. The molecular weight excluding hydrogens is 374 g/mol. The first-order valence-corrected chi connectivity index (χ1v) is 9.37.